The molecule has 44 heavy (non-hydrogen) atoms. The molecule has 1 fully saturated rings. The Labute approximate surface area is 254 Å². The summed E-state index contributed by atoms with van der Waals surface area (Å²) in [6.45, 7) is 9.22. The molecule has 1 aromatic carbocycles. The van der Waals surface area contributed by atoms with Gasteiger partial charge in [-0.2, -0.15) is 5.10 Å². The summed E-state index contributed by atoms with van der Waals surface area (Å²) in [5.41, 5.74) is 4.80. The van der Waals surface area contributed by atoms with E-state index in [0.717, 1.165) is 4.90 Å². The molecule has 0 bridgehead atoms. The number of fused-ring (bicyclic) bond motifs is 1. The van der Waals surface area contributed by atoms with Crippen LogP contribution in [0.4, 0.5) is 24.2 Å². The minimum absolute atomic E-state index is 0.00215. The van der Waals surface area contributed by atoms with Gasteiger partial charge < -0.3 is 24.7 Å². The molecule has 3 aromatic rings. The Bertz CT molecular complexity index is 1670. The number of alkyl halides is 1. The number of likely N-dealkylation sites (tertiary alicyclic amines) is 1. The Morgan fingerprint density at radius 1 is 1.11 bits per heavy atom. The maximum Gasteiger partial charge on any atom is 0.415 e. The maximum absolute atomic E-state index is 15.0. The smallest absolute Gasteiger partial charge is 0.415 e. The first kappa shape index (κ1) is 32.2. The standard InChI is InChI=1S/C30H37F2N7O5/c1-29(2,3)43-27(41)37(8)26-24(25(33)40)21(10-9-17-11-22-23(13-20(17)32)36(7)16-34-22)35-39(26)19-12-18(14-31)38(15-19)28(42)44-30(4,5)6/h11,13,16,18-19H,12,14-15H2,1-8H3,(H2,33,40)/t18-,19+/m1/s1. The fourth-order valence-corrected chi connectivity index (χ4v) is 4.86. The third kappa shape index (κ3) is 6.77. The van der Waals surface area contributed by atoms with Crippen molar-refractivity contribution in [1.29, 1.82) is 0 Å². The Balaban J connectivity index is 1.84. The number of nitrogens with two attached hydrogens (primary N) is 1. The zero-order chi connectivity index (χ0) is 32.7. The number of hydrogen-bond donors (Lipinski definition) is 1. The van der Waals surface area contributed by atoms with Crippen LogP contribution in [0.1, 0.15) is 75.6 Å². The zero-order valence-corrected chi connectivity index (χ0v) is 26.1. The second kappa shape index (κ2) is 11.8. The predicted octanol–water partition coefficient (Wildman–Crippen LogP) is 4.30. The van der Waals surface area contributed by atoms with Gasteiger partial charge in [0.25, 0.3) is 5.91 Å². The van der Waals surface area contributed by atoms with Crippen LogP contribution in [-0.2, 0) is 16.5 Å². The number of carbonyl (C=O) groups excluding carboxylic acids is 3. The highest BCUT2D eigenvalue weighted by molar-refractivity contribution is 6.03. The van der Waals surface area contributed by atoms with Gasteiger partial charge in [0, 0.05) is 26.7 Å². The molecular weight excluding hydrogens is 576 g/mol. The molecule has 2 aromatic heterocycles. The van der Waals surface area contributed by atoms with E-state index in [9.17, 15) is 23.2 Å². The monoisotopic (exact) mass is 613 g/mol. The van der Waals surface area contributed by atoms with E-state index in [2.05, 4.69) is 21.9 Å². The topological polar surface area (TPSA) is 138 Å². The molecule has 12 nitrogen and oxygen atoms in total. The molecular formula is C30H37F2N7O5. The van der Waals surface area contributed by atoms with Crippen LogP contribution in [0.25, 0.3) is 11.0 Å². The number of hydrogen-bond acceptors (Lipinski definition) is 7. The van der Waals surface area contributed by atoms with Gasteiger partial charge in [0.05, 0.1) is 35.0 Å². The number of anilines is 1. The van der Waals surface area contributed by atoms with E-state index in [1.165, 1.54) is 28.8 Å². The first-order valence-electron chi connectivity index (χ1n) is 14.0. The van der Waals surface area contributed by atoms with Gasteiger partial charge >= 0.3 is 12.2 Å². The van der Waals surface area contributed by atoms with Crippen LogP contribution in [0.5, 0.6) is 0 Å². The molecule has 3 heterocycles. The van der Waals surface area contributed by atoms with Crippen molar-refractivity contribution >= 4 is 34.9 Å². The molecule has 1 aliphatic heterocycles. The van der Waals surface area contributed by atoms with Crippen molar-refractivity contribution in [3.05, 3.63) is 41.1 Å². The number of amides is 3. The Hall–Kier alpha value is -4.67. The van der Waals surface area contributed by atoms with E-state index in [-0.39, 0.29) is 35.6 Å². The summed E-state index contributed by atoms with van der Waals surface area (Å²) in [7, 11) is 3.10. The number of benzene rings is 1. The summed E-state index contributed by atoms with van der Waals surface area (Å²) in [5, 5.41) is 4.51. The molecule has 0 unspecified atom stereocenters. The zero-order valence-electron chi connectivity index (χ0n) is 26.1. The molecule has 0 aliphatic carbocycles. The van der Waals surface area contributed by atoms with Crippen LogP contribution in [0.2, 0.25) is 0 Å². The Morgan fingerprint density at radius 2 is 1.77 bits per heavy atom. The normalized spacial score (nSPS) is 16.9. The minimum Gasteiger partial charge on any atom is -0.444 e. The van der Waals surface area contributed by atoms with Crippen molar-refractivity contribution in [1.82, 2.24) is 24.2 Å². The van der Waals surface area contributed by atoms with Crippen molar-refractivity contribution < 1.29 is 32.6 Å². The first-order chi connectivity index (χ1) is 20.4. The van der Waals surface area contributed by atoms with E-state index in [1.807, 2.05) is 0 Å². The van der Waals surface area contributed by atoms with Crippen LogP contribution in [0, 0.1) is 17.7 Å². The van der Waals surface area contributed by atoms with Crippen LogP contribution < -0.4 is 10.6 Å². The summed E-state index contributed by atoms with van der Waals surface area (Å²) in [5.74, 6) is 3.78. The molecule has 2 N–H and O–H groups in total. The van der Waals surface area contributed by atoms with Crippen LogP contribution in [0.3, 0.4) is 0 Å². The van der Waals surface area contributed by atoms with Crippen LogP contribution in [0.15, 0.2) is 18.5 Å². The summed E-state index contributed by atoms with van der Waals surface area (Å²) in [4.78, 5) is 45.5. The van der Waals surface area contributed by atoms with E-state index in [0.29, 0.717) is 11.0 Å². The lowest BCUT2D eigenvalue weighted by Gasteiger charge is -2.27. The number of halogens is 2. The number of nitrogens with zero attached hydrogens (tertiary/aromatic N) is 6. The SMILES string of the molecule is CN(C(=O)OC(C)(C)C)c1c(C(N)=O)c(C#Cc2cc3ncn(C)c3cc2F)nn1[C@H]1C[C@H](CF)N(C(=O)OC(C)(C)C)C1. The molecule has 0 saturated carbocycles. The molecule has 2 atom stereocenters. The van der Waals surface area contributed by atoms with Crippen LogP contribution >= 0.6 is 0 Å². The van der Waals surface area contributed by atoms with Gasteiger partial charge in [-0.3, -0.25) is 9.69 Å². The fourth-order valence-electron chi connectivity index (χ4n) is 4.86. The van der Waals surface area contributed by atoms with Gasteiger partial charge in [-0.1, -0.05) is 5.92 Å². The van der Waals surface area contributed by atoms with Gasteiger partial charge in [-0.05, 0) is 60.0 Å². The Morgan fingerprint density at radius 3 is 2.36 bits per heavy atom. The van der Waals surface area contributed by atoms with Crippen molar-refractivity contribution in [2.45, 2.75) is 71.2 Å². The van der Waals surface area contributed by atoms with Crippen molar-refractivity contribution in [3.63, 3.8) is 0 Å². The average molecular weight is 614 g/mol. The molecule has 14 heteroatoms. The van der Waals surface area contributed by atoms with Crippen molar-refractivity contribution in [2.24, 2.45) is 12.8 Å². The highest BCUT2D eigenvalue weighted by Crippen LogP contribution is 2.35. The largest absolute Gasteiger partial charge is 0.444 e. The highest BCUT2D eigenvalue weighted by atomic mass is 19.1. The summed E-state index contributed by atoms with van der Waals surface area (Å²) >= 11 is 0. The molecule has 1 saturated heterocycles. The number of imidazole rings is 1. The van der Waals surface area contributed by atoms with Gasteiger partial charge in [-0.25, -0.2) is 28.0 Å². The number of aromatic nitrogens is 4. The summed E-state index contributed by atoms with van der Waals surface area (Å²) in [6.07, 6.45) is 0.0892. The lowest BCUT2D eigenvalue weighted by molar-refractivity contribution is 0.0202. The number of rotatable bonds is 4. The summed E-state index contributed by atoms with van der Waals surface area (Å²) in [6, 6.07) is 1.19. The molecule has 0 radical (unpaired) electrons. The van der Waals surface area contributed by atoms with Crippen molar-refractivity contribution in [3.8, 4) is 11.8 Å². The quantitative estimate of drug-likeness (QED) is 0.433. The third-order valence-corrected chi connectivity index (χ3v) is 6.79. The molecule has 236 valence electrons. The van der Waals surface area contributed by atoms with Crippen molar-refractivity contribution in [2.75, 3.05) is 25.2 Å². The molecule has 3 amide bonds. The van der Waals surface area contributed by atoms with E-state index in [1.54, 1.807) is 59.5 Å². The van der Waals surface area contributed by atoms with E-state index in [4.69, 9.17) is 15.2 Å². The Kier molecular flexibility index (Phi) is 8.64. The number of aryl methyl sites for hydroxylation is 1. The number of ether oxygens (including phenoxy) is 2. The second-order valence-electron chi connectivity index (χ2n) is 12.7. The molecule has 0 spiro atoms. The second-order valence-corrected chi connectivity index (χ2v) is 12.7. The first-order valence-corrected chi connectivity index (χ1v) is 14.0. The van der Waals surface area contributed by atoms with E-state index < -0.39 is 53.9 Å². The number of carbonyl (C=O) groups is 3. The molecule has 1 aliphatic rings. The minimum atomic E-state index is -0.962. The van der Waals surface area contributed by atoms with Gasteiger partial charge in [0.15, 0.2) is 11.5 Å². The third-order valence-electron chi connectivity index (χ3n) is 6.79. The number of primary amides is 1. The molecule has 4 rings (SSSR count). The predicted molar refractivity (Wildman–Crippen MR) is 158 cm³/mol. The van der Waals surface area contributed by atoms with Gasteiger partial charge in [0.2, 0.25) is 0 Å². The van der Waals surface area contributed by atoms with E-state index >= 15 is 0 Å². The van der Waals surface area contributed by atoms with Gasteiger partial charge in [0.1, 0.15) is 29.3 Å². The lowest BCUT2D eigenvalue weighted by Crippen LogP contribution is -2.41. The van der Waals surface area contributed by atoms with Gasteiger partial charge in [-0.15, -0.1) is 0 Å². The summed E-state index contributed by atoms with van der Waals surface area (Å²) < 4.78 is 43.1. The fraction of sp³-hybridized carbons (Fsp3) is 0.500. The lowest BCUT2D eigenvalue weighted by atomic mass is 10.1. The average Bonchev–Trinajstić information content (AvgIpc) is 3.60. The maximum atomic E-state index is 15.0. The van der Waals surface area contributed by atoms with Crippen LogP contribution in [-0.4, -0.2) is 79.8 Å². The highest BCUT2D eigenvalue weighted by Gasteiger charge is 2.42.